The molecule has 2 atom stereocenters. The van der Waals surface area contributed by atoms with Gasteiger partial charge in [-0.2, -0.15) is 0 Å². The number of aromatic nitrogens is 1. The topological polar surface area (TPSA) is 118 Å². The van der Waals surface area contributed by atoms with Gasteiger partial charge in [-0.05, 0) is 62.1 Å². The minimum absolute atomic E-state index is 0.0707. The molecule has 11 heteroatoms. The summed E-state index contributed by atoms with van der Waals surface area (Å²) in [5, 5.41) is 2.12. The van der Waals surface area contributed by atoms with Gasteiger partial charge in [-0.25, -0.2) is 9.59 Å². The number of benzene rings is 2. The maximum absolute atomic E-state index is 14.3. The van der Waals surface area contributed by atoms with Gasteiger partial charge < -0.3 is 19.7 Å². The number of β-lactam (4-membered cyclic amide) rings is 1. The van der Waals surface area contributed by atoms with Crippen molar-refractivity contribution in [3.05, 3.63) is 125 Å². The number of thioether (sulfide) groups is 1. The van der Waals surface area contributed by atoms with Crippen molar-refractivity contribution < 1.29 is 28.7 Å². The predicted molar refractivity (Wildman–Crippen MR) is 176 cm³/mol. The van der Waals surface area contributed by atoms with E-state index >= 15 is 0 Å². The van der Waals surface area contributed by atoms with E-state index in [-0.39, 0.29) is 11.6 Å². The fraction of sp³-hybridized carbons (Fsp3) is 0.306. The van der Waals surface area contributed by atoms with Crippen LogP contribution in [0.1, 0.15) is 50.1 Å². The quantitative estimate of drug-likeness (QED) is 0.202. The minimum Gasteiger partial charge on any atom is -0.448 e. The maximum atomic E-state index is 14.3. The second kappa shape index (κ2) is 13.4. The number of nitrogens with one attached hydrogen (secondary N) is 1. The summed E-state index contributed by atoms with van der Waals surface area (Å²) < 4.78 is 11.6. The molecule has 3 amide bonds. The van der Waals surface area contributed by atoms with Crippen LogP contribution in [-0.2, 0) is 30.4 Å². The van der Waals surface area contributed by atoms with Crippen molar-refractivity contribution in [1.82, 2.24) is 20.1 Å². The molecule has 3 aliphatic heterocycles. The lowest BCUT2D eigenvalue weighted by Crippen LogP contribution is -2.70. The lowest BCUT2D eigenvalue weighted by atomic mass is 10.00. The molecule has 47 heavy (non-hydrogen) atoms. The molecule has 0 radical (unpaired) electrons. The van der Waals surface area contributed by atoms with Crippen molar-refractivity contribution in [2.75, 3.05) is 12.3 Å². The molecule has 0 aliphatic carbocycles. The third kappa shape index (κ3) is 7.10. The van der Waals surface area contributed by atoms with Gasteiger partial charge in [0.05, 0.1) is 12.2 Å². The van der Waals surface area contributed by atoms with E-state index in [1.807, 2.05) is 78.9 Å². The predicted octanol–water partition coefficient (Wildman–Crippen LogP) is 5.14. The van der Waals surface area contributed by atoms with Crippen molar-refractivity contribution in [2.24, 2.45) is 0 Å². The number of fused-ring (bicyclic) bond motifs is 1. The molecule has 2 aromatic carbocycles. The number of esters is 1. The highest BCUT2D eigenvalue weighted by atomic mass is 32.2. The molecule has 6 rings (SSSR count). The summed E-state index contributed by atoms with van der Waals surface area (Å²) in [6.45, 7) is 6.11. The Morgan fingerprint density at radius 2 is 1.66 bits per heavy atom. The van der Waals surface area contributed by atoms with Crippen LogP contribution in [0.25, 0.3) is 0 Å². The SMILES string of the molecule is CC(C)(C)OC(=O)N[C@@H]1C(=O)N2C(C(=O)OC(c3ccccc3)c3ccccc3)=C(C=C3CCN(Cc4ccccn4)C3=O)CS[C@H]12. The smallest absolute Gasteiger partial charge is 0.408 e. The number of likely N-dealkylation sites (tertiary alicyclic amines) is 1. The van der Waals surface area contributed by atoms with E-state index in [0.717, 1.165) is 16.8 Å². The molecule has 2 saturated heterocycles. The van der Waals surface area contributed by atoms with E-state index in [1.54, 1.807) is 37.9 Å². The summed E-state index contributed by atoms with van der Waals surface area (Å²) in [6.07, 6.45) is 2.45. The van der Waals surface area contributed by atoms with Gasteiger partial charge in [-0.3, -0.25) is 19.5 Å². The number of rotatable bonds is 8. The molecule has 1 aromatic heterocycles. The van der Waals surface area contributed by atoms with E-state index in [9.17, 15) is 19.2 Å². The van der Waals surface area contributed by atoms with Crippen molar-refractivity contribution in [2.45, 2.75) is 56.9 Å². The maximum Gasteiger partial charge on any atom is 0.408 e. The van der Waals surface area contributed by atoms with Crippen LogP contribution in [0, 0.1) is 0 Å². The van der Waals surface area contributed by atoms with E-state index in [1.165, 1.54) is 16.7 Å². The molecule has 0 spiro atoms. The first-order valence-corrected chi connectivity index (χ1v) is 16.5. The van der Waals surface area contributed by atoms with Crippen molar-refractivity contribution in [1.29, 1.82) is 0 Å². The molecule has 0 saturated carbocycles. The number of amides is 3. The highest BCUT2D eigenvalue weighted by molar-refractivity contribution is 8.00. The second-order valence-electron chi connectivity index (χ2n) is 12.5. The zero-order valence-corrected chi connectivity index (χ0v) is 27.2. The number of carbonyl (C=O) groups is 4. The highest BCUT2D eigenvalue weighted by Gasteiger charge is 2.55. The second-order valence-corrected chi connectivity index (χ2v) is 13.6. The van der Waals surface area contributed by atoms with E-state index < -0.39 is 41.1 Å². The molecule has 3 aromatic rings. The van der Waals surface area contributed by atoms with Gasteiger partial charge in [0, 0.05) is 24.1 Å². The van der Waals surface area contributed by atoms with Crippen LogP contribution in [0.5, 0.6) is 0 Å². The third-order valence-electron chi connectivity index (χ3n) is 7.93. The van der Waals surface area contributed by atoms with Crippen LogP contribution in [0.4, 0.5) is 4.79 Å². The molecule has 242 valence electrons. The third-order valence-corrected chi connectivity index (χ3v) is 9.24. The van der Waals surface area contributed by atoms with Crippen molar-refractivity contribution in [3.8, 4) is 0 Å². The Labute approximate surface area is 277 Å². The van der Waals surface area contributed by atoms with Crippen LogP contribution >= 0.6 is 11.8 Å². The Morgan fingerprint density at radius 1 is 1.00 bits per heavy atom. The number of nitrogens with zero attached hydrogens (tertiary/aromatic N) is 3. The summed E-state index contributed by atoms with van der Waals surface area (Å²) in [5.41, 5.74) is 2.70. The molecule has 1 N–H and O–H groups in total. The zero-order valence-electron chi connectivity index (χ0n) is 26.4. The fourth-order valence-electron chi connectivity index (χ4n) is 5.77. The molecule has 0 bridgehead atoms. The number of carbonyl (C=O) groups excluding carboxylic acids is 4. The van der Waals surface area contributed by atoms with Crippen molar-refractivity contribution >= 4 is 35.6 Å². The number of pyridine rings is 1. The highest BCUT2D eigenvalue weighted by Crippen LogP contribution is 2.42. The molecule has 10 nitrogen and oxygen atoms in total. The normalized spacial score (nSPS) is 20.3. The zero-order chi connectivity index (χ0) is 33.1. The van der Waals surface area contributed by atoms with Gasteiger partial charge in [0.1, 0.15) is 22.7 Å². The Balaban J connectivity index is 1.32. The summed E-state index contributed by atoms with van der Waals surface area (Å²) in [5.74, 6) is -0.973. The molecule has 2 fully saturated rings. The summed E-state index contributed by atoms with van der Waals surface area (Å²) >= 11 is 1.40. The summed E-state index contributed by atoms with van der Waals surface area (Å²) in [6, 6.07) is 23.5. The first-order chi connectivity index (χ1) is 22.6. The lowest BCUT2D eigenvalue weighted by Gasteiger charge is -2.49. The molecular formula is C36H36N4O6S. The van der Waals surface area contributed by atoms with Gasteiger partial charge in [-0.15, -0.1) is 11.8 Å². The van der Waals surface area contributed by atoms with Crippen LogP contribution in [-0.4, -0.2) is 68.0 Å². The monoisotopic (exact) mass is 652 g/mol. The Bertz CT molecular complexity index is 1680. The molecule has 3 aliphatic rings. The number of hydrogen-bond acceptors (Lipinski definition) is 8. The molecule has 4 heterocycles. The standard InChI is InChI=1S/C36H36N4O6S/c1-36(2,3)46-35(44)38-28-32(42)40-29(34(43)45-30(23-12-6-4-7-13-23)24-14-8-5-9-15-24)26(22-47-33(28)40)20-25-17-19-39(31(25)41)21-27-16-10-11-18-37-27/h4-16,18,20,28,30,33H,17,19,21-22H2,1-3H3,(H,38,44)/t28-,33-/m1/s1. The van der Waals surface area contributed by atoms with Gasteiger partial charge in [0.15, 0.2) is 6.10 Å². The summed E-state index contributed by atoms with van der Waals surface area (Å²) in [7, 11) is 0. The number of ether oxygens (including phenoxy) is 2. The first kappa shape index (κ1) is 32.1. The van der Waals surface area contributed by atoms with E-state index in [0.29, 0.717) is 36.4 Å². The van der Waals surface area contributed by atoms with Crippen LogP contribution in [0.3, 0.4) is 0 Å². The largest absolute Gasteiger partial charge is 0.448 e. The number of alkyl carbamates (subject to hydrolysis) is 1. The van der Waals surface area contributed by atoms with Gasteiger partial charge >= 0.3 is 12.1 Å². The lowest BCUT2D eigenvalue weighted by molar-refractivity contribution is -0.153. The number of hydrogen-bond donors (Lipinski definition) is 1. The molecular weight excluding hydrogens is 616 g/mol. The molecule has 0 unspecified atom stereocenters. The van der Waals surface area contributed by atoms with Crippen LogP contribution in [0.15, 0.2) is 108 Å². The van der Waals surface area contributed by atoms with Crippen LogP contribution in [0.2, 0.25) is 0 Å². The number of allylic oxidation sites excluding steroid dienone is 1. The van der Waals surface area contributed by atoms with Gasteiger partial charge in [-0.1, -0.05) is 66.7 Å². The van der Waals surface area contributed by atoms with Gasteiger partial charge in [0.2, 0.25) is 5.91 Å². The van der Waals surface area contributed by atoms with E-state index in [4.69, 9.17) is 9.47 Å². The fourth-order valence-corrected chi connectivity index (χ4v) is 7.08. The van der Waals surface area contributed by atoms with Crippen LogP contribution < -0.4 is 5.32 Å². The van der Waals surface area contributed by atoms with Gasteiger partial charge in [0.25, 0.3) is 5.91 Å². The van der Waals surface area contributed by atoms with Crippen molar-refractivity contribution in [3.63, 3.8) is 0 Å². The Kier molecular flexibility index (Phi) is 9.17. The Hall–Kier alpha value is -4.90. The van der Waals surface area contributed by atoms with E-state index in [2.05, 4.69) is 10.3 Å². The average Bonchev–Trinajstić information content (AvgIpc) is 3.40. The minimum atomic E-state index is -0.882. The average molecular weight is 653 g/mol. The Morgan fingerprint density at radius 3 is 2.28 bits per heavy atom. The first-order valence-electron chi connectivity index (χ1n) is 15.5. The summed E-state index contributed by atoms with van der Waals surface area (Å²) in [4.78, 5) is 61.4.